The monoisotopic (exact) mass is 282 g/mol. The first kappa shape index (κ1) is 13.0. The molecule has 0 radical (unpaired) electrons. The third-order valence-corrected chi connectivity index (χ3v) is 3.23. The lowest BCUT2D eigenvalue weighted by Gasteiger charge is -2.02. The highest BCUT2D eigenvalue weighted by atomic mass is 16.5. The zero-order chi connectivity index (χ0) is 14.8. The van der Waals surface area contributed by atoms with Crippen LogP contribution in [0.4, 0.5) is 0 Å². The van der Waals surface area contributed by atoms with E-state index in [0.29, 0.717) is 5.56 Å². The molecule has 0 aliphatic heterocycles. The maximum Gasteiger partial charge on any atom is 0.220 e. The summed E-state index contributed by atoms with van der Waals surface area (Å²) in [6, 6.07) is 5.42. The first-order chi connectivity index (χ1) is 10.2. The van der Waals surface area contributed by atoms with Crippen LogP contribution in [0.2, 0.25) is 0 Å². The van der Waals surface area contributed by atoms with Crippen molar-refractivity contribution in [2.24, 2.45) is 0 Å². The van der Waals surface area contributed by atoms with Crippen molar-refractivity contribution in [3.05, 3.63) is 36.2 Å². The van der Waals surface area contributed by atoms with E-state index in [-0.39, 0.29) is 5.90 Å². The second kappa shape index (κ2) is 5.20. The van der Waals surface area contributed by atoms with E-state index in [1.165, 1.54) is 0 Å². The number of aromatic amines is 1. The van der Waals surface area contributed by atoms with Crippen LogP contribution in [0.1, 0.15) is 12.5 Å². The molecule has 7 nitrogen and oxygen atoms in total. The minimum Gasteiger partial charge on any atom is -0.428 e. The summed E-state index contributed by atoms with van der Waals surface area (Å²) in [6.07, 6.45) is 4.45. The number of aryl methyl sites for hydroxylation is 1. The highest BCUT2D eigenvalue weighted by Gasteiger charge is 2.12. The third kappa shape index (κ3) is 2.29. The van der Waals surface area contributed by atoms with E-state index in [9.17, 15) is 0 Å². The largest absolute Gasteiger partial charge is 0.428 e. The van der Waals surface area contributed by atoms with Gasteiger partial charge in [0, 0.05) is 29.3 Å². The van der Waals surface area contributed by atoms with Gasteiger partial charge in [-0.25, -0.2) is 0 Å². The molecule has 3 aromatic rings. The minimum absolute atomic E-state index is 0.0664. The van der Waals surface area contributed by atoms with Crippen LogP contribution in [-0.4, -0.2) is 32.3 Å². The summed E-state index contributed by atoms with van der Waals surface area (Å²) in [7, 11) is 0. The van der Waals surface area contributed by atoms with Gasteiger partial charge in [-0.3, -0.25) is 20.6 Å². The molecule has 3 N–H and O–H groups in total. The van der Waals surface area contributed by atoms with Crippen LogP contribution in [0, 0.1) is 10.8 Å². The van der Waals surface area contributed by atoms with Gasteiger partial charge in [0.25, 0.3) is 0 Å². The van der Waals surface area contributed by atoms with E-state index in [2.05, 4.69) is 15.3 Å². The van der Waals surface area contributed by atoms with Crippen LogP contribution in [0.25, 0.3) is 22.2 Å². The van der Waals surface area contributed by atoms with Gasteiger partial charge in [0.05, 0.1) is 11.7 Å². The molecule has 1 aromatic carbocycles. The molecule has 2 heterocycles. The van der Waals surface area contributed by atoms with E-state index in [1.54, 1.807) is 12.3 Å². The number of rotatable bonds is 4. The fourth-order valence-corrected chi connectivity index (χ4v) is 2.16. The second-order valence-corrected chi connectivity index (χ2v) is 4.48. The zero-order valence-electron chi connectivity index (χ0n) is 11.4. The van der Waals surface area contributed by atoms with Gasteiger partial charge in [-0.05, 0) is 25.1 Å². The molecule has 3 rings (SSSR count). The van der Waals surface area contributed by atoms with Crippen LogP contribution in [0.5, 0.6) is 0 Å². The Balaban J connectivity index is 2.09. The smallest absolute Gasteiger partial charge is 0.220 e. The van der Waals surface area contributed by atoms with Crippen LogP contribution >= 0.6 is 0 Å². The van der Waals surface area contributed by atoms with Gasteiger partial charge in [-0.1, -0.05) is 0 Å². The molecule has 0 bridgehead atoms. The second-order valence-electron chi connectivity index (χ2n) is 4.48. The first-order valence-corrected chi connectivity index (χ1v) is 6.48. The van der Waals surface area contributed by atoms with Gasteiger partial charge in [-0.15, -0.1) is 0 Å². The highest BCUT2D eigenvalue weighted by molar-refractivity contribution is 6.01. The Hall–Kier alpha value is -2.96. The van der Waals surface area contributed by atoms with Gasteiger partial charge in [0.2, 0.25) is 5.90 Å². The standard InChI is InChI=1S/C14H14N6O/c1-2-20-7-10(6-17-20)13-11-5-9(14(16)21-8-15)3-4-12(11)18-19-13/h3-8,15-16H,2H2,1H3,(H,18,19). The molecule has 2 aromatic heterocycles. The van der Waals surface area contributed by atoms with E-state index >= 15 is 0 Å². The Morgan fingerprint density at radius 3 is 3.05 bits per heavy atom. The Kier molecular flexibility index (Phi) is 3.23. The van der Waals surface area contributed by atoms with Crippen molar-refractivity contribution >= 4 is 23.2 Å². The quantitative estimate of drug-likeness (QED) is 0.505. The van der Waals surface area contributed by atoms with E-state index < -0.39 is 0 Å². The topological polar surface area (TPSA) is 103 Å². The number of nitrogens with zero attached hydrogens (tertiary/aromatic N) is 3. The summed E-state index contributed by atoms with van der Waals surface area (Å²) in [5.41, 5.74) is 3.17. The van der Waals surface area contributed by atoms with Crippen molar-refractivity contribution in [2.45, 2.75) is 13.5 Å². The van der Waals surface area contributed by atoms with Gasteiger partial charge in [0.1, 0.15) is 5.69 Å². The maximum atomic E-state index is 7.75. The molecular formula is C14H14N6O. The normalized spacial score (nSPS) is 10.7. The number of ether oxygens (including phenoxy) is 1. The lowest BCUT2D eigenvalue weighted by atomic mass is 10.1. The molecule has 0 aliphatic carbocycles. The van der Waals surface area contributed by atoms with Crippen LogP contribution in [0.15, 0.2) is 30.6 Å². The van der Waals surface area contributed by atoms with Gasteiger partial charge < -0.3 is 4.74 Å². The van der Waals surface area contributed by atoms with Crippen molar-refractivity contribution in [2.75, 3.05) is 0 Å². The SMILES string of the molecule is CCn1cc(-c2n[nH]c3ccc(C(=N)OC=N)cc23)cn1. The summed E-state index contributed by atoms with van der Waals surface area (Å²) < 4.78 is 6.63. The van der Waals surface area contributed by atoms with Crippen LogP contribution < -0.4 is 0 Å². The molecule has 0 saturated heterocycles. The maximum absolute atomic E-state index is 7.75. The minimum atomic E-state index is -0.0664. The summed E-state index contributed by atoms with van der Waals surface area (Å²) in [5, 5.41) is 27.1. The molecule has 0 spiro atoms. The fraction of sp³-hybridized carbons (Fsp3) is 0.143. The van der Waals surface area contributed by atoms with Gasteiger partial charge in [0.15, 0.2) is 6.40 Å². The average Bonchev–Trinajstić information content (AvgIpc) is 3.12. The van der Waals surface area contributed by atoms with Crippen molar-refractivity contribution in [3.8, 4) is 11.3 Å². The molecule has 0 atom stereocenters. The molecule has 0 aliphatic rings. The number of H-pyrrole nitrogens is 1. The average molecular weight is 282 g/mol. The predicted octanol–water partition coefficient (Wildman–Crippen LogP) is 2.40. The number of fused-ring (bicyclic) bond motifs is 1. The van der Waals surface area contributed by atoms with Gasteiger partial charge >= 0.3 is 0 Å². The summed E-state index contributed by atoms with van der Waals surface area (Å²) in [5.74, 6) is -0.0664. The van der Waals surface area contributed by atoms with Crippen molar-refractivity contribution in [1.29, 1.82) is 10.8 Å². The number of nitrogens with one attached hydrogen (secondary N) is 3. The molecule has 7 heteroatoms. The summed E-state index contributed by atoms with van der Waals surface area (Å²) in [6.45, 7) is 2.82. The summed E-state index contributed by atoms with van der Waals surface area (Å²) >= 11 is 0. The highest BCUT2D eigenvalue weighted by Crippen LogP contribution is 2.26. The Morgan fingerprint density at radius 1 is 1.48 bits per heavy atom. The Morgan fingerprint density at radius 2 is 2.33 bits per heavy atom. The van der Waals surface area contributed by atoms with E-state index in [1.807, 2.05) is 29.9 Å². The lowest BCUT2D eigenvalue weighted by Crippen LogP contribution is -2.02. The number of hydrogen-bond donors (Lipinski definition) is 3. The Bertz CT molecular complexity index is 816. The molecule has 106 valence electrons. The molecule has 0 saturated carbocycles. The first-order valence-electron chi connectivity index (χ1n) is 6.48. The zero-order valence-corrected chi connectivity index (χ0v) is 11.4. The van der Waals surface area contributed by atoms with Crippen LogP contribution in [-0.2, 0) is 11.3 Å². The van der Waals surface area contributed by atoms with Gasteiger partial charge in [-0.2, -0.15) is 10.2 Å². The Labute approximate surface area is 120 Å². The summed E-state index contributed by atoms with van der Waals surface area (Å²) in [4.78, 5) is 0. The number of aromatic nitrogens is 4. The predicted molar refractivity (Wildman–Crippen MR) is 79.7 cm³/mol. The van der Waals surface area contributed by atoms with Crippen LogP contribution in [0.3, 0.4) is 0 Å². The third-order valence-electron chi connectivity index (χ3n) is 3.23. The molecule has 0 unspecified atom stereocenters. The lowest BCUT2D eigenvalue weighted by molar-refractivity contribution is 0.561. The molecule has 0 amide bonds. The van der Waals surface area contributed by atoms with Crippen molar-refractivity contribution in [3.63, 3.8) is 0 Å². The molecule has 0 fully saturated rings. The van der Waals surface area contributed by atoms with Crippen molar-refractivity contribution in [1.82, 2.24) is 20.0 Å². The van der Waals surface area contributed by atoms with E-state index in [0.717, 1.165) is 35.1 Å². The van der Waals surface area contributed by atoms with Crippen molar-refractivity contribution < 1.29 is 4.74 Å². The fourth-order valence-electron chi connectivity index (χ4n) is 2.16. The number of benzene rings is 1. The number of hydrogen-bond acceptors (Lipinski definition) is 5. The molecular weight excluding hydrogens is 268 g/mol. The molecule has 21 heavy (non-hydrogen) atoms. The van der Waals surface area contributed by atoms with E-state index in [4.69, 9.17) is 15.6 Å².